The van der Waals surface area contributed by atoms with Crippen LogP contribution in [0.15, 0.2) is 36.9 Å². The summed E-state index contributed by atoms with van der Waals surface area (Å²) in [5.41, 5.74) is 6.22. The number of urea groups is 1. The molecule has 1 aromatic carbocycles. The van der Waals surface area contributed by atoms with Crippen molar-refractivity contribution in [2.75, 3.05) is 13.6 Å². The number of ketones is 1. The first-order chi connectivity index (χ1) is 22.1. The summed E-state index contributed by atoms with van der Waals surface area (Å²) in [6.07, 6.45) is 6.15. The maximum absolute atomic E-state index is 13.2. The van der Waals surface area contributed by atoms with Crippen LogP contribution in [0.5, 0.6) is 0 Å². The fourth-order valence-electron chi connectivity index (χ4n) is 5.28. The van der Waals surface area contributed by atoms with E-state index in [1.165, 1.54) is 0 Å². The van der Waals surface area contributed by atoms with E-state index in [0.717, 1.165) is 43.1 Å². The second-order valence-corrected chi connectivity index (χ2v) is 13.4. The molecule has 0 saturated carbocycles. The lowest BCUT2D eigenvalue weighted by Crippen LogP contribution is -2.59. The summed E-state index contributed by atoms with van der Waals surface area (Å²) in [5, 5.41) is 8.69. The second kappa shape index (κ2) is 22.1. The smallest absolute Gasteiger partial charge is 0.315 e. The van der Waals surface area contributed by atoms with Gasteiger partial charge in [0.25, 0.3) is 5.91 Å². The number of likely N-dealkylation sites (tertiary alicyclic amines) is 1. The number of carbonyl (C=O) groups is 5. The lowest BCUT2D eigenvalue weighted by Gasteiger charge is -2.35. The quantitative estimate of drug-likeness (QED) is 0.145. The molecule has 2 rings (SSSR count). The van der Waals surface area contributed by atoms with Gasteiger partial charge in [-0.2, -0.15) is 0 Å². The van der Waals surface area contributed by atoms with Gasteiger partial charge in [0.2, 0.25) is 11.7 Å². The first kappa shape index (κ1) is 43.5. The average molecular weight is 658 g/mol. The van der Waals surface area contributed by atoms with Crippen molar-refractivity contribution in [1.29, 1.82) is 0 Å². The monoisotopic (exact) mass is 657 g/mol. The third kappa shape index (κ3) is 14.8. The average Bonchev–Trinajstić information content (AvgIpc) is 3.53. The van der Waals surface area contributed by atoms with Crippen LogP contribution in [0.3, 0.4) is 0 Å². The van der Waals surface area contributed by atoms with E-state index in [1.807, 2.05) is 78.8 Å². The molecular formula is C37H63N5O5. The van der Waals surface area contributed by atoms with E-state index in [9.17, 15) is 24.0 Å². The number of nitrogens with zero attached hydrogens (tertiary/aromatic N) is 1. The lowest BCUT2D eigenvalue weighted by molar-refractivity contribution is -0.138. The lowest BCUT2D eigenvalue weighted by atomic mass is 9.85. The molecule has 0 aromatic heterocycles. The molecule has 1 saturated heterocycles. The number of carbonyl (C=O) groups excluding carboxylic acids is 5. The molecule has 1 aromatic rings. The number of primary amides is 1. The van der Waals surface area contributed by atoms with Crippen molar-refractivity contribution in [3.63, 3.8) is 0 Å². The number of nitrogens with one attached hydrogen (secondary N) is 3. The van der Waals surface area contributed by atoms with Crippen LogP contribution in [0, 0.1) is 17.3 Å². The maximum atomic E-state index is 13.2. The third-order valence-corrected chi connectivity index (χ3v) is 8.40. The number of aldehydes is 1. The number of amides is 4. The maximum Gasteiger partial charge on any atom is 0.315 e. The van der Waals surface area contributed by atoms with E-state index in [2.05, 4.69) is 36.4 Å². The predicted octanol–water partition coefficient (Wildman–Crippen LogP) is 5.50. The van der Waals surface area contributed by atoms with E-state index < -0.39 is 41.3 Å². The van der Waals surface area contributed by atoms with Gasteiger partial charge in [-0.1, -0.05) is 118 Å². The van der Waals surface area contributed by atoms with E-state index >= 15 is 0 Å². The Morgan fingerprint density at radius 1 is 1.04 bits per heavy atom. The van der Waals surface area contributed by atoms with Gasteiger partial charge in [-0.05, 0) is 54.7 Å². The van der Waals surface area contributed by atoms with Crippen LogP contribution in [0.4, 0.5) is 4.79 Å². The largest absolute Gasteiger partial charge is 0.363 e. The van der Waals surface area contributed by atoms with Crippen LogP contribution in [0.25, 0.3) is 5.57 Å². The minimum atomic E-state index is -0.849. The summed E-state index contributed by atoms with van der Waals surface area (Å²) in [6.45, 7) is 22.8. The number of nitrogens with two attached hydrogens (primary N) is 1. The van der Waals surface area contributed by atoms with E-state index in [-0.39, 0.29) is 17.9 Å². The second-order valence-electron chi connectivity index (χ2n) is 13.4. The summed E-state index contributed by atoms with van der Waals surface area (Å²) in [4.78, 5) is 61.0. The molecule has 10 nitrogen and oxygen atoms in total. The number of benzene rings is 1. The van der Waals surface area contributed by atoms with Gasteiger partial charge in [0.15, 0.2) is 0 Å². The molecule has 4 unspecified atom stereocenters. The van der Waals surface area contributed by atoms with Crippen LogP contribution < -0.4 is 21.7 Å². The Kier molecular flexibility index (Phi) is 20.5. The Morgan fingerprint density at radius 2 is 1.64 bits per heavy atom. The van der Waals surface area contributed by atoms with Gasteiger partial charge in [-0.3, -0.25) is 14.4 Å². The third-order valence-electron chi connectivity index (χ3n) is 8.40. The summed E-state index contributed by atoms with van der Waals surface area (Å²) in [7, 11) is 1.68. The van der Waals surface area contributed by atoms with Crippen LogP contribution in [0.2, 0.25) is 0 Å². The van der Waals surface area contributed by atoms with Crippen LogP contribution in [0.1, 0.15) is 106 Å². The molecule has 10 heteroatoms. The predicted molar refractivity (Wildman–Crippen MR) is 192 cm³/mol. The van der Waals surface area contributed by atoms with Gasteiger partial charge in [-0.15, -0.1) is 0 Å². The number of hydrogen-bond acceptors (Lipinski definition) is 6. The van der Waals surface area contributed by atoms with E-state index in [4.69, 9.17) is 5.73 Å². The molecule has 1 heterocycles. The normalized spacial score (nSPS) is 16.7. The molecule has 266 valence electrons. The summed E-state index contributed by atoms with van der Waals surface area (Å²) in [5.74, 6) is -0.786. The summed E-state index contributed by atoms with van der Waals surface area (Å²) >= 11 is 0. The SMILES string of the molecule is C=C(c1ccccc1)C(NC(=O)NC(C(=O)N1CCC[C@H]1C=O)C(C)(C)C)C(C)C.CC.CCC(C)CCCC(NC)C(=O)C(N)=O. The minimum Gasteiger partial charge on any atom is -0.363 e. The molecule has 4 amide bonds. The standard InChI is InChI=1S/C24H35N3O3.C11H22N2O2.C2H6/c1-16(2)20(17(3)18-11-8-7-9-12-18)25-23(30)26-21(24(4,5)6)22(29)27-14-10-13-19(27)15-28;1-4-8(2)6-5-7-9(13-3)10(14)11(12)15;1-2/h7-9,11-12,15-16,19-21H,3,10,13-14H2,1-2,4-6H3,(H2,25,26,30);8-9,13H,4-7H2,1-3H3,(H2,12,15);1-2H3/t19-,20?,21?;;/m0../s1. The highest BCUT2D eigenvalue weighted by atomic mass is 16.2. The Balaban J connectivity index is 0.00000105. The molecule has 0 spiro atoms. The van der Waals surface area contributed by atoms with Crippen molar-refractivity contribution < 1.29 is 24.0 Å². The Bertz CT molecular complexity index is 1130. The van der Waals surface area contributed by atoms with Crippen molar-refractivity contribution in [1.82, 2.24) is 20.9 Å². The highest BCUT2D eigenvalue weighted by molar-refractivity contribution is 6.37. The van der Waals surface area contributed by atoms with Crippen LogP contribution in [-0.2, 0) is 19.2 Å². The van der Waals surface area contributed by atoms with Crippen molar-refractivity contribution in [3.8, 4) is 0 Å². The van der Waals surface area contributed by atoms with Gasteiger partial charge < -0.3 is 31.4 Å². The number of Topliss-reactive ketones (excluding diaryl/α,β-unsaturated/α-hetero) is 1. The van der Waals surface area contributed by atoms with Crippen molar-refractivity contribution in [2.24, 2.45) is 23.0 Å². The summed E-state index contributed by atoms with van der Waals surface area (Å²) in [6, 6.07) is 7.48. The molecule has 47 heavy (non-hydrogen) atoms. The Labute approximate surface area is 284 Å². The molecule has 5 atom stereocenters. The molecule has 0 bridgehead atoms. The van der Waals surface area contributed by atoms with Gasteiger partial charge >= 0.3 is 6.03 Å². The Morgan fingerprint density at radius 3 is 2.11 bits per heavy atom. The molecule has 1 fully saturated rings. The molecule has 0 radical (unpaired) electrons. The van der Waals surface area contributed by atoms with Crippen molar-refractivity contribution in [2.45, 2.75) is 125 Å². The zero-order chi connectivity index (χ0) is 36.3. The first-order valence-electron chi connectivity index (χ1n) is 17.2. The fraction of sp³-hybridized carbons (Fsp3) is 0.649. The van der Waals surface area contributed by atoms with E-state index in [1.54, 1.807) is 11.9 Å². The van der Waals surface area contributed by atoms with Gasteiger partial charge in [0.05, 0.1) is 18.1 Å². The first-order valence-corrected chi connectivity index (χ1v) is 17.2. The fourth-order valence-corrected chi connectivity index (χ4v) is 5.28. The molecule has 0 aliphatic carbocycles. The topological polar surface area (TPSA) is 151 Å². The van der Waals surface area contributed by atoms with Gasteiger partial charge in [0, 0.05) is 6.54 Å². The minimum absolute atomic E-state index is 0.116. The molecule has 5 N–H and O–H groups in total. The number of rotatable bonds is 15. The molecule has 1 aliphatic rings. The Hall–Kier alpha value is -3.53. The molecule has 1 aliphatic heterocycles. The zero-order valence-corrected chi connectivity index (χ0v) is 30.7. The van der Waals surface area contributed by atoms with Crippen molar-refractivity contribution >= 4 is 35.5 Å². The zero-order valence-electron chi connectivity index (χ0n) is 30.7. The molecular weight excluding hydrogens is 594 g/mol. The summed E-state index contributed by atoms with van der Waals surface area (Å²) < 4.78 is 0. The van der Waals surface area contributed by atoms with Crippen LogP contribution in [-0.4, -0.2) is 72.6 Å². The van der Waals surface area contributed by atoms with E-state index in [0.29, 0.717) is 25.3 Å². The van der Waals surface area contributed by atoms with Crippen LogP contribution >= 0.6 is 0 Å². The van der Waals surface area contributed by atoms with Crippen molar-refractivity contribution in [3.05, 3.63) is 42.5 Å². The number of hydrogen-bond donors (Lipinski definition) is 4. The highest BCUT2D eigenvalue weighted by Gasteiger charge is 2.40. The number of likely N-dealkylation sites (N-methyl/N-ethyl adjacent to an activating group) is 1. The highest BCUT2D eigenvalue weighted by Crippen LogP contribution is 2.26. The van der Waals surface area contributed by atoms with Gasteiger partial charge in [-0.25, -0.2) is 4.79 Å². The van der Waals surface area contributed by atoms with Gasteiger partial charge in [0.1, 0.15) is 12.3 Å².